The molecule has 0 unspecified atom stereocenters. The maximum absolute atomic E-state index is 5.61. The van der Waals surface area contributed by atoms with Gasteiger partial charge in [0.2, 0.25) is 0 Å². The molecule has 0 spiro atoms. The van der Waals surface area contributed by atoms with Crippen molar-refractivity contribution in [3.63, 3.8) is 0 Å². The first-order valence-corrected chi connectivity index (χ1v) is 22.0. The molecular formula is C56H70N4. The number of nitrogens with zero attached hydrogens (tertiary/aromatic N) is 2. The number of allylic oxidation sites excluding steroid dienone is 4. The lowest BCUT2D eigenvalue weighted by atomic mass is 9.78. The molecule has 7 rings (SSSR count). The number of hydrogen-bond acceptors (Lipinski definition) is 2. The van der Waals surface area contributed by atoms with Crippen molar-refractivity contribution < 1.29 is 0 Å². The second kappa shape index (κ2) is 14.3. The molecule has 8 bridgehead atoms. The predicted molar refractivity (Wildman–Crippen MR) is 262 cm³/mol. The first-order valence-electron chi connectivity index (χ1n) is 22.0. The van der Waals surface area contributed by atoms with Crippen molar-refractivity contribution in [1.82, 2.24) is 19.9 Å². The lowest BCUT2D eigenvalue weighted by molar-refractivity contribution is 0.568. The fourth-order valence-corrected chi connectivity index (χ4v) is 8.64. The maximum atomic E-state index is 5.61. The van der Waals surface area contributed by atoms with Gasteiger partial charge in [0.05, 0.1) is 33.8 Å². The standard InChI is InChI=1S/C56H70N4/c1-29-33(5)49-47(37-21-39(53(9,10)11)25-40(22-37)54(12,13)14)50-35(7)31(3)45(59-50)28-46-32(4)36(8)52(60-46)48(51-34(6)30(2)44(58-51)27-43(29)57-49)38-23-41(55(15,16)17)26-42(24-38)56(18,19)20/h21-28,57,59H,1-20H3. The van der Waals surface area contributed by atoms with E-state index in [9.17, 15) is 0 Å². The SMILES string of the molecule is CC1=C(C)c2nc1cc1[nH]c(c(C)c1C)c(-c1cc(C(C)(C)C)cc(C(C)(C)C)c1)c1[nH]c(cc3nc(c2-c2cc(C(C)(C)C)cc(C(C)(C)C)c2)C(C)=C3C)c(C)c1C. The molecule has 0 atom stereocenters. The zero-order valence-electron chi connectivity index (χ0n) is 40.5. The number of aromatic amines is 2. The Morgan fingerprint density at radius 3 is 0.950 bits per heavy atom. The van der Waals surface area contributed by atoms with E-state index >= 15 is 0 Å². The molecule has 314 valence electrons. The lowest BCUT2D eigenvalue weighted by Crippen LogP contribution is -2.16. The van der Waals surface area contributed by atoms with Gasteiger partial charge in [0.15, 0.2) is 0 Å². The van der Waals surface area contributed by atoms with Crippen molar-refractivity contribution in [3.05, 3.63) is 116 Å². The monoisotopic (exact) mass is 799 g/mol. The van der Waals surface area contributed by atoms with Crippen LogP contribution in [-0.2, 0) is 21.7 Å². The summed E-state index contributed by atoms with van der Waals surface area (Å²) in [6, 6.07) is 19.0. The number of aromatic nitrogens is 4. The second-order valence-corrected chi connectivity index (χ2v) is 22.2. The molecule has 0 saturated carbocycles. The minimum absolute atomic E-state index is 0.0283. The van der Waals surface area contributed by atoms with Crippen LogP contribution in [0.3, 0.4) is 0 Å². The first kappa shape index (κ1) is 43.1. The van der Waals surface area contributed by atoms with Gasteiger partial charge >= 0.3 is 0 Å². The van der Waals surface area contributed by atoms with Crippen molar-refractivity contribution in [1.29, 1.82) is 0 Å². The highest BCUT2D eigenvalue weighted by Gasteiger charge is 2.29. The van der Waals surface area contributed by atoms with Gasteiger partial charge in [-0.25, -0.2) is 9.97 Å². The predicted octanol–water partition coefficient (Wildman–Crippen LogP) is 16.0. The Morgan fingerprint density at radius 1 is 0.350 bits per heavy atom. The van der Waals surface area contributed by atoms with Gasteiger partial charge in [-0.3, -0.25) is 0 Å². The Labute approximate surface area is 361 Å². The van der Waals surface area contributed by atoms with E-state index in [2.05, 4.69) is 197 Å². The average Bonchev–Trinajstić information content (AvgIpc) is 3.78. The summed E-state index contributed by atoms with van der Waals surface area (Å²) in [5.41, 5.74) is 27.9. The minimum atomic E-state index is -0.0404. The van der Waals surface area contributed by atoms with Gasteiger partial charge in [0.25, 0.3) is 0 Å². The number of rotatable bonds is 2. The Balaban J connectivity index is 1.73. The van der Waals surface area contributed by atoms with Crippen LogP contribution in [0.1, 0.15) is 178 Å². The van der Waals surface area contributed by atoms with Crippen LogP contribution in [0.15, 0.2) is 48.5 Å². The van der Waals surface area contributed by atoms with Crippen LogP contribution in [0.5, 0.6) is 0 Å². The fraction of sp³-hybridized carbons (Fsp3) is 0.429. The quantitative estimate of drug-likeness (QED) is 0.187. The van der Waals surface area contributed by atoms with Crippen LogP contribution in [0, 0.1) is 27.7 Å². The highest BCUT2D eigenvalue weighted by atomic mass is 14.8. The third-order valence-electron chi connectivity index (χ3n) is 13.7. The largest absolute Gasteiger partial charge is 0.354 e. The third kappa shape index (κ3) is 7.43. The van der Waals surface area contributed by atoms with E-state index < -0.39 is 0 Å². The van der Waals surface area contributed by atoms with Crippen LogP contribution >= 0.6 is 0 Å². The molecular weight excluding hydrogens is 729 g/mol. The minimum Gasteiger partial charge on any atom is -0.354 e. The van der Waals surface area contributed by atoms with Crippen molar-refractivity contribution >= 4 is 44.4 Å². The topological polar surface area (TPSA) is 57.4 Å². The van der Waals surface area contributed by atoms with E-state index in [4.69, 9.17) is 9.97 Å². The van der Waals surface area contributed by atoms with Gasteiger partial charge in [-0.1, -0.05) is 119 Å². The number of nitrogens with one attached hydrogen (secondary N) is 2. The summed E-state index contributed by atoms with van der Waals surface area (Å²) in [6.07, 6.45) is 0. The van der Waals surface area contributed by atoms with Crippen molar-refractivity contribution in [2.24, 2.45) is 0 Å². The number of H-pyrrole nitrogens is 2. The lowest BCUT2D eigenvalue weighted by Gasteiger charge is -2.26. The van der Waals surface area contributed by atoms with Gasteiger partial charge in [-0.05, 0) is 167 Å². The van der Waals surface area contributed by atoms with Gasteiger partial charge in [-0.2, -0.15) is 0 Å². The Kier molecular flexibility index (Phi) is 10.3. The smallest absolute Gasteiger partial charge is 0.0769 e. The van der Waals surface area contributed by atoms with Crippen LogP contribution in [0.4, 0.5) is 0 Å². The molecule has 5 aromatic rings. The van der Waals surface area contributed by atoms with E-state index in [1.54, 1.807) is 0 Å². The van der Waals surface area contributed by atoms with E-state index in [1.165, 1.54) is 83.5 Å². The van der Waals surface area contributed by atoms with E-state index in [-0.39, 0.29) is 21.7 Å². The normalized spacial score (nSPS) is 14.2. The molecule has 5 heterocycles. The molecule has 0 saturated heterocycles. The zero-order chi connectivity index (χ0) is 44.3. The Morgan fingerprint density at radius 2 is 0.650 bits per heavy atom. The third-order valence-corrected chi connectivity index (χ3v) is 13.7. The number of aryl methyl sites for hydroxylation is 4. The highest BCUT2D eigenvalue weighted by molar-refractivity contribution is 6.03. The van der Waals surface area contributed by atoms with Gasteiger partial charge in [0.1, 0.15) is 0 Å². The highest BCUT2D eigenvalue weighted by Crippen LogP contribution is 2.45. The molecule has 0 radical (unpaired) electrons. The molecule has 2 aromatic carbocycles. The summed E-state index contributed by atoms with van der Waals surface area (Å²) >= 11 is 0. The van der Waals surface area contributed by atoms with Crippen molar-refractivity contribution in [2.45, 2.75) is 160 Å². The molecule has 2 aliphatic heterocycles. The van der Waals surface area contributed by atoms with Crippen LogP contribution in [0.2, 0.25) is 0 Å². The Bertz CT molecular complexity index is 2670. The number of hydrogen-bond donors (Lipinski definition) is 2. The fourth-order valence-electron chi connectivity index (χ4n) is 8.64. The summed E-state index contributed by atoms with van der Waals surface area (Å²) in [7, 11) is 0. The molecule has 2 N–H and O–H groups in total. The number of benzene rings is 2. The molecule has 3 aromatic heterocycles. The zero-order valence-corrected chi connectivity index (χ0v) is 40.5. The van der Waals surface area contributed by atoms with E-state index in [1.807, 2.05) is 0 Å². The van der Waals surface area contributed by atoms with Crippen LogP contribution in [0.25, 0.3) is 66.6 Å². The van der Waals surface area contributed by atoms with Gasteiger partial charge in [0, 0.05) is 22.2 Å². The van der Waals surface area contributed by atoms with Gasteiger partial charge in [-0.15, -0.1) is 0 Å². The summed E-state index contributed by atoms with van der Waals surface area (Å²) in [6.45, 7) is 45.8. The first-order chi connectivity index (χ1) is 27.6. The van der Waals surface area contributed by atoms with Gasteiger partial charge < -0.3 is 9.97 Å². The summed E-state index contributed by atoms with van der Waals surface area (Å²) in [5, 5.41) is 0. The van der Waals surface area contributed by atoms with E-state index in [0.29, 0.717) is 0 Å². The molecule has 0 aliphatic carbocycles. The molecule has 2 aliphatic rings. The summed E-state index contributed by atoms with van der Waals surface area (Å²) in [5.74, 6) is 0. The average molecular weight is 799 g/mol. The van der Waals surface area contributed by atoms with E-state index in [0.717, 1.165) is 50.4 Å². The van der Waals surface area contributed by atoms with Crippen molar-refractivity contribution in [3.8, 4) is 22.3 Å². The van der Waals surface area contributed by atoms with Crippen LogP contribution in [-0.4, -0.2) is 19.9 Å². The van der Waals surface area contributed by atoms with Crippen LogP contribution < -0.4 is 0 Å². The maximum Gasteiger partial charge on any atom is 0.0769 e. The number of fused-ring (bicyclic) bond motifs is 8. The summed E-state index contributed by atoms with van der Waals surface area (Å²) < 4.78 is 0. The molecule has 60 heavy (non-hydrogen) atoms. The molecule has 0 fully saturated rings. The molecule has 0 amide bonds. The van der Waals surface area contributed by atoms with Crippen molar-refractivity contribution in [2.75, 3.05) is 0 Å². The summed E-state index contributed by atoms with van der Waals surface area (Å²) in [4.78, 5) is 19.2. The Hall–Kier alpha value is -4.96. The molecule has 4 nitrogen and oxygen atoms in total. The molecule has 4 heteroatoms. The second-order valence-electron chi connectivity index (χ2n) is 22.2.